The Bertz CT molecular complexity index is 739. The number of aliphatic hydroxyl groups is 2. The predicted octanol–water partition coefficient (Wildman–Crippen LogP) is 1.66. The van der Waals surface area contributed by atoms with Gasteiger partial charge in [-0.2, -0.15) is 0 Å². The van der Waals surface area contributed by atoms with Gasteiger partial charge in [0.25, 0.3) is 0 Å². The lowest BCUT2D eigenvalue weighted by Gasteiger charge is -2.25. The SMILES string of the molecule is O=P(O)(O)Sc1cc(O)ccc1C(O)(O)Cc1ccc(O)cc1. The smallest absolute Gasteiger partial charge is 0.388 e. The van der Waals surface area contributed by atoms with E-state index in [1.54, 1.807) is 0 Å². The van der Waals surface area contributed by atoms with Crippen LogP contribution >= 0.6 is 18.2 Å². The van der Waals surface area contributed by atoms with E-state index in [-0.39, 0.29) is 39.8 Å². The van der Waals surface area contributed by atoms with E-state index in [1.807, 2.05) is 0 Å². The highest BCUT2D eigenvalue weighted by Gasteiger charge is 2.32. The van der Waals surface area contributed by atoms with E-state index in [4.69, 9.17) is 9.79 Å². The van der Waals surface area contributed by atoms with Gasteiger partial charge >= 0.3 is 6.80 Å². The molecule has 0 aliphatic rings. The first-order valence-corrected chi connectivity index (χ1v) is 9.41. The normalized spacial score (nSPS) is 12.3. The molecule has 2 rings (SSSR count). The van der Waals surface area contributed by atoms with Crippen LogP contribution in [0.4, 0.5) is 0 Å². The summed E-state index contributed by atoms with van der Waals surface area (Å²) < 4.78 is 11.2. The minimum absolute atomic E-state index is 0.0256. The summed E-state index contributed by atoms with van der Waals surface area (Å²) in [4.78, 5) is 18.0. The Morgan fingerprint density at radius 2 is 1.52 bits per heavy atom. The molecule has 0 unspecified atom stereocenters. The van der Waals surface area contributed by atoms with Gasteiger partial charge in [0.1, 0.15) is 11.5 Å². The van der Waals surface area contributed by atoms with Crippen LogP contribution < -0.4 is 0 Å². The van der Waals surface area contributed by atoms with Crippen molar-refractivity contribution in [2.45, 2.75) is 17.1 Å². The Labute approximate surface area is 135 Å². The second kappa shape index (κ2) is 6.52. The third kappa shape index (κ3) is 4.97. The summed E-state index contributed by atoms with van der Waals surface area (Å²) in [5.74, 6) is -2.65. The first-order valence-electron chi connectivity index (χ1n) is 6.38. The number of phenolic OH excluding ortho intramolecular Hbond substituents is 2. The Hall–Kier alpha value is -1.54. The van der Waals surface area contributed by atoms with Gasteiger partial charge in [0.15, 0.2) is 5.79 Å². The molecule has 0 saturated heterocycles. The van der Waals surface area contributed by atoms with Crippen molar-refractivity contribution >= 4 is 18.2 Å². The van der Waals surface area contributed by atoms with Crippen LogP contribution in [0.5, 0.6) is 11.5 Å². The topological polar surface area (TPSA) is 138 Å². The van der Waals surface area contributed by atoms with E-state index in [0.717, 1.165) is 6.07 Å². The summed E-state index contributed by atoms with van der Waals surface area (Å²) in [5.41, 5.74) is 0.352. The van der Waals surface area contributed by atoms with Crippen molar-refractivity contribution in [2.24, 2.45) is 0 Å². The monoisotopic (exact) mass is 358 g/mol. The minimum atomic E-state index is -4.54. The summed E-state index contributed by atoms with van der Waals surface area (Å²) in [5, 5.41) is 39.3. The molecular weight excluding hydrogens is 343 g/mol. The van der Waals surface area contributed by atoms with Crippen LogP contribution in [0.15, 0.2) is 47.4 Å². The fourth-order valence-electron chi connectivity index (χ4n) is 2.04. The average Bonchev–Trinajstić information content (AvgIpc) is 2.39. The zero-order chi connectivity index (χ0) is 17.3. The van der Waals surface area contributed by atoms with Crippen LogP contribution in [0, 0.1) is 0 Å². The molecule has 0 aliphatic heterocycles. The van der Waals surface area contributed by atoms with E-state index >= 15 is 0 Å². The Morgan fingerprint density at radius 3 is 2.09 bits per heavy atom. The maximum atomic E-state index is 11.2. The van der Waals surface area contributed by atoms with Crippen LogP contribution in [0.2, 0.25) is 0 Å². The summed E-state index contributed by atoms with van der Waals surface area (Å²) in [6.45, 7) is -4.54. The highest BCUT2D eigenvalue weighted by Crippen LogP contribution is 2.56. The molecule has 0 saturated carbocycles. The molecule has 23 heavy (non-hydrogen) atoms. The fraction of sp³-hybridized carbons (Fsp3) is 0.143. The summed E-state index contributed by atoms with van der Waals surface area (Å²) >= 11 is 0.128. The van der Waals surface area contributed by atoms with Crippen LogP contribution in [-0.4, -0.2) is 30.2 Å². The first kappa shape index (κ1) is 17.8. The lowest BCUT2D eigenvalue weighted by atomic mass is 9.97. The molecule has 0 aliphatic carbocycles. The highest BCUT2D eigenvalue weighted by atomic mass is 32.7. The summed E-state index contributed by atoms with van der Waals surface area (Å²) in [6, 6.07) is 9.18. The first-order chi connectivity index (χ1) is 10.6. The van der Waals surface area contributed by atoms with E-state index < -0.39 is 12.6 Å². The highest BCUT2D eigenvalue weighted by molar-refractivity contribution is 8.54. The van der Waals surface area contributed by atoms with Gasteiger partial charge in [0.05, 0.1) is 0 Å². The Balaban J connectivity index is 2.38. The van der Waals surface area contributed by atoms with Crippen molar-refractivity contribution in [1.29, 1.82) is 0 Å². The third-order valence-corrected chi connectivity index (χ3v) is 5.08. The Kier molecular flexibility index (Phi) is 5.05. The molecule has 2 aromatic rings. The van der Waals surface area contributed by atoms with Crippen molar-refractivity contribution in [2.75, 3.05) is 0 Å². The standard InChI is InChI=1S/C14H15O7PS/c15-10-3-1-9(2-4-10)8-14(17,18)12-6-5-11(16)7-13(12)23-22(19,20)21/h1-7,15-18H,8H2,(H2,19,20,21). The number of phenols is 2. The number of hydrogen-bond acceptors (Lipinski definition) is 6. The van der Waals surface area contributed by atoms with Gasteiger partial charge in [0, 0.05) is 16.9 Å². The quantitative estimate of drug-likeness (QED) is 0.350. The molecule has 2 aromatic carbocycles. The van der Waals surface area contributed by atoms with Gasteiger partial charge in [-0.3, -0.25) is 0 Å². The number of hydrogen-bond donors (Lipinski definition) is 6. The molecule has 0 spiro atoms. The van der Waals surface area contributed by atoms with Gasteiger partial charge in [-0.1, -0.05) is 12.1 Å². The van der Waals surface area contributed by atoms with E-state index in [9.17, 15) is 25.0 Å². The van der Waals surface area contributed by atoms with Crippen molar-refractivity contribution < 1.29 is 34.8 Å². The average molecular weight is 358 g/mol. The molecule has 0 aromatic heterocycles. The second-order valence-corrected chi connectivity index (χ2v) is 8.50. The lowest BCUT2D eigenvalue weighted by Crippen LogP contribution is -2.28. The zero-order valence-electron chi connectivity index (χ0n) is 11.7. The predicted molar refractivity (Wildman–Crippen MR) is 83.9 cm³/mol. The van der Waals surface area contributed by atoms with Gasteiger partial charge in [-0.25, -0.2) is 4.57 Å². The third-order valence-electron chi connectivity index (χ3n) is 3.00. The molecular formula is C14H15O7PS. The molecule has 9 heteroatoms. The van der Waals surface area contributed by atoms with E-state index in [2.05, 4.69) is 0 Å². The van der Waals surface area contributed by atoms with Gasteiger partial charge in [0.2, 0.25) is 0 Å². The molecule has 0 heterocycles. The van der Waals surface area contributed by atoms with Crippen molar-refractivity contribution in [3.8, 4) is 11.5 Å². The zero-order valence-corrected chi connectivity index (χ0v) is 13.4. The number of aromatic hydroxyl groups is 2. The van der Waals surface area contributed by atoms with Crippen LogP contribution in [0.3, 0.4) is 0 Å². The molecule has 6 N–H and O–H groups in total. The molecule has 0 atom stereocenters. The summed E-state index contributed by atoms with van der Waals surface area (Å²) in [6.07, 6.45) is -0.271. The van der Waals surface area contributed by atoms with Gasteiger partial charge in [-0.15, -0.1) is 0 Å². The second-order valence-electron chi connectivity index (χ2n) is 4.92. The van der Waals surface area contributed by atoms with Crippen molar-refractivity contribution in [3.63, 3.8) is 0 Å². The molecule has 0 amide bonds. The molecule has 7 nitrogen and oxygen atoms in total. The van der Waals surface area contributed by atoms with E-state index in [0.29, 0.717) is 5.56 Å². The number of rotatable bonds is 5. The minimum Gasteiger partial charge on any atom is -0.508 e. The maximum Gasteiger partial charge on any atom is 0.388 e. The van der Waals surface area contributed by atoms with Crippen molar-refractivity contribution in [1.82, 2.24) is 0 Å². The lowest BCUT2D eigenvalue weighted by molar-refractivity contribution is -0.169. The van der Waals surface area contributed by atoms with Gasteiger partial charge < -0.3 is 30.2 Å². The van der Waals surface area contributed by atoms with Crippen LogP contribution in [0.25, 0.3) is 0 Å². The van der Waals surface area contributed by atoms with Crippen molar-refractivity contribution in [3.05, 3.63) is 53.6 Å². The number of benzene rings is 2. The van der Waals surface area contributed by atoms with Crippen LogP contribution in [0.1, 0.15) is 11.1 Å². The maximum absolute atomic E-state index is 11.2. The molecule has 0 bridgehead atoms. The summed E-state index contributed by atoms with van der Waals surface area (Å²) in [7, 11) is 0. The Morgan fingerprint density at radius 1 is 0.957 bits per heavy atom. The molecule has 0 fully saturated rings. The van der Waals surface area contributed by atoms with Crippen LogP contribution in [-0.2, 0) is 16.8 Å². The fourth-order valence-corrected chi connectivity index (χ4v) is 4.02. The molecule has 0 radical (unpaired) electrons. The van der Waals surface area contributed by atoms with E-state index in [1.165, 1.54) is 36.4 Å². The molecule has 124 valence electrons. The van der Waals surface area contributed by atoms with Gasteiger partial charge in [-0.05, 0) is 47.3 Å². The largest absolute Gasteiger partial charge is 0.508 e.